The van der Waals surface area contributed by atoms with Crippen molar-refractivity contribution in [2.24, 2.45) is 5.92 Å². The molecule has 1 fully saturated rings. The Bertz CT molecular complexity index is 862. The number of halogens is 2. The zero-order valence-corrected chi connectivity index (χ0v) is 17.4. The maximum absolute atomic E-state index is 14.4. The van der Waals surface area contributed by atoms with Crippen molar-refractivity contribution in [1.82, 2.24) is 15.1 Å². The molecule has 0 unspecified atom stereocenters. The van der Waals surface area contributed by atoms with Gasteiger partial charge in [-0.15, -0.1) is 0 Å². The Labute approximate surface area is 171 Å². The average Bonchev–Trinajstić information content (AvgIpc) is 2.68. The zero-order chi connectivity index (χ0) is 20.6. The zero-order valence-electron chi connectivity index (χ0n) is 17.4. The molecule has 6 heteroatoms. The third kappa shape index (κ3) is 3.92. The molecule has 29 heavy (non-hydrogen) atoms. The van der Waals surface area contributed by atoms with Gasteiger partial charge in [0.2, 0.25) is 0 Å². The van der Waals surface area contributed by atoms with Crippen LogP contribution < -0.4 is 0 Å². The second-order valence-corrected chi connectivity index (χ2v) is 8.97. The summed E-state index contributed by atoms with van der Waals surface area (Å²) in [5.74, 6) is -0.476. The summed E-state index contributed by atoms with van der Waals surface area (Å²) >= 11 is 0. The number of ether oxygens (including phenoxy) is 1. The molecule has 1 aromatic heterocycles. The first-order valence-corrected chi connectivity index (χ1v) is 10.5. The van der Waals surface area contributed by atoms with Crippen molar-refractivity contribution in [1.29, 1.82) is 0 Å². The first kappa shape index (κ1) is 20.4. The van der Waals surface area contributed by atoms with Crippen LogP contribution >= 0.6 is 0 Å². The predicted octanol–water partition coefficient (Wildman–Crippen LogP) is 4.55. The third-order valence-electron chi connectivity index (χ3n) is 6.50. The summed E-state index contributed by atoms with van der Waals surface area (Å²) in [6.07, 6.45) is 2.07. The number of aromatic nitrogens is 2. The molecule has 0 bridgehead atoms. The van der Waals surface area contributed by atoms with Gasteiger partial charge < -0.3 is 4.74 Å². The molecule has 1 aliphatic carbocycles. The molecule has 0 N–H and O–H groups in total. The van der Waals surface area contributed by atoms with E-state index in [2.05, 4.69) is 35.9 Å². The number of hydrogen-bond acceptors (Lipinski definition) is 4. The summed E-state index contributed by atoms with van der Waals surface area (Å²) in [7, 11) is 0. The number of morpholine rings is 1. The van der Waals surface area contributed by atoms with Crippen LogP contribution in [0.5, 0.6) is 0 Å². The fourth-order valence-corrected chi connectivity index (χ4v) is 4.87. The second kappa shape index (κ2) is 8.07. The molecule has 1 aliphatic heterocycles. The highest BCUT2D eigenvalue weighted by molar-refractivity contribution is 5.62. The first-order valence-electron chi connectivity index (χ1n) is 10.5. The maximum atomic E-state index is 14.4. The Hall–Kier alpha value is -1.92. The average molecular weight is 402 g/mol. The van der Waals surface area contributed by atoms with Gasteiger partial charge in [0.05, 0.1) is 30.2 Å². The minimum absolute atomic E-state index is 0.0919. The van der Waals surface area contributed by atoms with Crippen LogP contribution in [0.25, 0.3) is 11.3 Å². The van der Waals surface area contributed by atoms with Gasteiger partial charge in [-0.1, -0.05) is 26.8 Å². The largest absolute Gasteiger partial charge is 0.379 e. The van der Waals surface area contributed by atoms with Crippen LogP contribution in [0.3, 0.4) is 0 Å². The lowest BCUT2D eigenvalue weighted by atomic mass is 9.67. The summed E-state index contributed by atoms with van der Waals surface area (Å²) in [6.45, 7) is 10.9. The number of benzene rings is 1. The van der Waals surface area contributed by atoms with Gasteiger partial charge in [0.15, 0.2) is 0 Å². The normalized spacial score (nSPS) is 25.2. The summed E-state index contributed by atoms with van der Waals surface area (Å²) in [5.41, 5.74) is 2.13. The van der Waals surface area contributed by atoms with Crippen LogP contribution in [-0.4, -0.2) is 47.9 Å². The standard InChI is InChI=1S/C23H29F2N3O/c1-15(2)16-7-8-23(3,14-28-9-11-29-12-10-28)22-17(16)13-20(26-27-22)21-18(24)5-4-6-19(21)25/h4-6,13,15-16H,7-12,14H2,1-3H3/t16-,23-/m1/s1. The summed E-state index contributed by atoms with van der Waals surface area (Å²) in [4.78, 5) is 2.43. The van der Waals surface area contributed by atoms with E-state index in [1.54, 1.807) is 0 Å². The van der Waals surface area contributed by atoms with E-state index in [0.29, 0.717) is 11.8 Å². The van der Waals surface area contributed by atoms with Crippen molar-refractivity contribution in [3.05, 3.63) is 47.2 Å². The quantitative estimate of drug-likeness (QED) is 0.754. The molecule has 156 valence electrons. The Kier molecular flexibility index (Phi) is 5.67. The van der Waals surface area contributed by atoms with Gasteiger partial charge in [0.1, 0.15) is 11.6 Å². The number of nitrogens with zero attached hydrogens (tertiary/aromatic N) is 3. The summed E-state index contributed by atoms with van der Waals surface area (Å²) in [5, 5.41) is 8.88. The number of fused-ring (bicyclic) bond motifs is 1. The third-order valence-corrected chi connectivity index (χ3v) is 6.50. The van der Waals surface area contributed by atoms with Gasteiger partial charge in [0.25, 0.3) is 0 Å². The number of hydrogen-bond donors (Lipinski definition) is 0. The minimum atomic E-state index is -0.604. The van der Waals surface area contributed by atoms with E-state index in [1.807, 2.05) is 6.07 Å². The first-order chi connectivity index (χ1) is 13.9. The molecule has 2 atom stereocenters. The fourth-order valence-electron chi connectivity index (χ4n) is 4.87. The van der Waals surface area contributed by atoms with Crippen LogP contribution in [-0.2, 0) is 10.2 Å². The van der Waals surface area contributed by atoms with E-state index < -0.39 is 11.6 Å². The lowest BCUT2D eigenvalue weighted by Gasteiger charge is -2.43. The van der Waals surface area contributed by atoms with E-state index in [9.17, 15) is 8.78 Å². The predicted molar refractivity (Wildman–Crippen MR) is 109 cm³/mol. The van der Waals surface area contributed by atoms with Crippen LogP contribution in [0.15, 0.2) is 24.3 Å². The molecule has 0 amide bonds. The van der Waals surface area contributed by atoms with Crippen molar-refractivity contribution in [3.63, 3.8) is 0 Å². The molecular formula is C23H29F2N3O. The highest BCUT2D eigenvalue weighted by Gasteiger charge is 2.40. The smallest absolute Gasteiger partial charge is 0.135 e. The Balaban J connectivity index is 1.76. The van der Waals surface area contributed by atoms with E-state index in [4.69, 9.17) is 4.74 Å². The van der Waals surface area contributed by atoms with Crippen molar-refractivity contribution in [2.75, 3.05) is 32.8 Å². The molecule has 2 aliphatic rings. The van der Waals surface area contributed by atoms with E-state index in [1.165, 1.54) is 18.2 Å². The molecule has 0 spiro atoms. The molecule has 0 radical (unpaired) electrons. The van der Waals surface area contributed by atoms with Crippen molar-refractivity contribution >= 4 is 0 Å². The molecule has 4 nitrogen and oxygen atoms in total. The van der Waals surface area contributed by atoms with Gasteiger partial charge in [0, 0.05) is 25.0 Å². The molecule has 2 heterocycles. The van der Waals surface area contributed by atoms with Crippen molar-refractivity contribution < 1.29 is 13.5 Å². The van der Waals surface area contributed by atoms with Gasteiger partial charge in [-0.2, -0.15) is 10.2 Å². The van der Waals surface area contributed by atoms with Crippen LogP contribution in [0, 0.1) is 17.6 Å². The Morgan fingerprint density at radius 1 is 1.17 bits per heavy atom. The topological polar surface area (TPSA) is 38.2 Å². The highest BCUT2D eigenvalue weighted by Crippen LogP contribution is 2.46. The molecule has 0 saturated carbocycles. The molecule has 1 saturated heterocycles. The second-order valence-electron chi connectivity index (χ2n) is 8.97. The molecule has 1 aromatic carbocycles. The van der Waals surface area contributed by atoms with Gasteiger partial charge >= 0.3 is 0 Å². The van der Waals surface area contributed by atoms with Gasteiger partial charge in [-0.3, -0.25) is 4.90 Å². The van der Waals surface area contributed by atoms with Crippen LogP contribution in [0.1, 0.15) is 50.8 Å². The van der Waals surface area contributed by atoms with E-state index in [0.717, 1.165) is 56.9 Å². The number of rotatable bonds is 4. The summed E-state index contributed by atoms with van der Waals surface area (Å²) in [6, 6.07) is 5.78. The monoisotopic (exact) mass is 401 g/mol. The fraction of sp³-hybridized carbons (Fsp3) is 0.565. The van der Waals surface area contributed by atoms with Crippen LogP contribution in [0.4, 0.5) is 8.78 Å². The van der Waals surface area contributed by atoms with Gasteiger partial charge in [-0.05, 0) is 48.4 Å². The van der Waals surface area contributed by atoms with Crippen molar-refractivity contribution in [3.8, 4) is 11.3 Å². The maximum Gasteiger partial charge on any atom is 0.135 e. The van der Waals surface area contributed by atoms with E-state index >= 15 is 0 Å². The van der Waals surface area contributed by atoms with Crippen molar-refractivity contribution in [2.45, 2.75) is 44.9 Å². The molecule has 2 aromatic rings. The summed E-state index contributed by atoms with van der Waals surface area (Å²) < 4.78 is 34.2. The minimum Gasteiger partial charge on any atom is -0.379 e. The van der Waals surface area contributed by atoms with Crippen LogP contribution in [0.2, 0.25) is 0 Å². The van der Waals surface area contributed by atoms with Gasteiger partial charge in [-0.25, -0.2) is 8.78 Å². The highest BCUT2D eigenvalue weighted by atomic mass is 19.1. The molecule has 4 rings (SSSR count). The Morgan fingerprint density at radius 2 is 1.86 bits per heavy atom. The van der Waals surface area contributed by atoms with E-state index in [-0.39, 0.29) is 16.7 Å². The lowest BCUT2D eigenvalue weighted by Crippen LogP contribution is -2.47. The Morgan fingerprint density at radius 3 is 2.52 bits per heavy atom. The SMILES string of the molecule is CC(C)[C@H]1CC[C@](C)(CN2CCOCC2)c2nnc(-c3c(F)cccc3F)cc21. The lowest BCUT2D eigenvalue weighted by molar-refractivity contribution is 0.0254. The molecular weight excluding hydrogens is 372 g/mol.